The number of allylic oxidation sites excluding steroid dienone is 1. The molecule has 0 fully saturated rings. The Morgan fingerprint density at radius 3 is 2.22 bits per heavy atom. The van der Waals surface area contributed by atoms with E-state index in [1.807, 2.05) is 14.0 Å². The van der Waals surface area contributed by atoms with Crippen LogP contribution in [0.4, 0.5) is 0 Å². The van der Waals surface area contributed by atoms with Gasteiger partial charge in [0.05, 0.1) is 0 Å². The molecular formula is C16H23NO. The largest absolute Gasteiger partial charge is 0.338 e. The standard InChI is InChI=1S/C16H23NO/c1-6-7-15(18)17(5)12-13-8-10-14(11-9-13)16(2,3)4/h6-11H,12H2,1-5H3/b7-6+. The fraction of sp³-hybridized carbons (Fsp3) is 0.438. The van der Waals surface area contributed by atoms with Gasteiger partial charge in [0.25, 0.3) is 0 Å². The van der Waals surface area contributed by atoms with Gasteiger partial charge in [-0.25, -0.2) is 0 Å². The Kier molecular flexibility index (Phi) is 4.71. The summed E-state index contributed by atoms with van der Waals surface area (Å²) in [5.74, 6) is 0.0393. The number of benzene rings is 1. The number of amides is 1. The number of carbonyl (C=O) groups is 1. The van der Waals surface area contributed by atoms with Crippen LogP contribution < -0.4 is 0 Å². The Balaban J connectivity index is 2.73. The normalized spacial score (nSPS) is 11.8. The van der Waals surface area contributed by atoms with Gasteiger partial charge < -0.3 is 4.90 Å². The lowest BCUT2D eigenvalue weighted by molar-refractivity contribution is -0.125. The molecule has 0 aromatic heterocycles. The van der Waals surface area contributed by atoms with Crippen LogP contribution in [0.3, 0.4) is 0 Å². The fourth-order valence-electron chi connectivity index (χ4n) is 1.73. The van der Waals surface area contributed by atoms with E-state index in [0.717, 1.165) is 5.56 Å². The van der Waals surface area contributed by atoms with Crippen molar-refractivity contribution in [2.45, 2.75) is 39.7 Å². The molecule has 0 saturated carbocycles. The number of likely N-dealkylation sites (N-methyl/N-ethyl adjacent to an activating group) is 1. The summed E-state index contributed by atoms with van der Waals surface area (Å²) in [6.07, 6.45) is 3.35. The highest BCUT2D eigenvalue weighted by Crippen LogP contribution is 2.22. The lowest BCUT2D eigenvalue weighted by atomic mass is 9.87. The highest BCUT2D eigenvalue weighted by atomic mass is 16.2. The molecule has 2 heteroatoms. The van der Waals surface area contributed by atoms with Crippen LogP contribution in [0.1, 0.15) is 38.8 Å². The first-order valence-electron chi connectivity index (χ1n) is 6.32. The summed E-state index contributed by atoms with van der Waals surface area (Å²) in [6.45, 7) is 9.09. The molecule has 0 aliphatic carbocycles. The second kappa shape index (κ2) is 5.85. The number of hydrogen-bond donors (Lipinski definition) is 0. The highest BCUT2D eigenvalue weighted by Gasteiger charge is 2.13. The average Bonchev–Trinajstić information content (AvgIpc) is 2.28. The van der Waals surface area contributed by atoms with E-state index in [0.29, 0.717) is 6.54 Å². The minimum atomic E-state index is 0.0393. The van der Waals surface area contributed by atoms with E-state index >= 15 is 0 Å². The first-order valence-corrected chi connectivity index (χ1v) is 6.32. The van der Waals surface area contributed by atoms with Crippen molar-refractivity contribution in [1.82, 2.24) is 4.90 Å². The first-order chi connectivity index (χ1) is 8.34. The monoisotopic (exact) mass is 245 g/mol. The predicted octanol–water partition coefficient (Wildman–Crippen LogP) is 3.52. The summed E-state index contributed by atoms with van der Waals surface area (Å²) in [4.78, 5) is 13.3. The molecule has 0 heterocycles. The molecule has 0 unspecified atom stereocenters. The van der Waals surface area contributed by atoms with Crippen LogP contribution >= 0.6 is 0 Å². The van der Waals surface area contributed by atoms with Gasteiger partial charge in [0.15, 0.2) is 0 Å². The number of hydrogen-bond acceptors (Lipinski definition) is 1. The van der Waals surface area contributed by atoms with Gasteiger partial charge in [-0.2, -0.15) is 0 Å². The van der Waals surface area contributed by atoms with Crippen molar-refractivity contribution in [3.63, 3.8) is 0 Å². The molecule has 0 radical (unpaired) electrons. The summed E-state index contributed by atoms with van der Waals surface area (Å²) >= 11 is 0. The molecule has 0 bridgehead atoms. The van der Waals surface area contributed by atoms with Crippen molar-refractivity contribution in [1.29, 1.82) is 0 Å². The lowest BCUT2D eigenvalue weighted by Crippen LogP contribution is -2.24. The van der Waals surface area contributed by atoms with Gasteiger partial charge in [-0.15, -0.1) is 0 Å². The zero-order valence-electron chi connectivity index (χ0n) is 12.0. The van der Waals surface area contributed by atoms with E-state index in [-0.39, 0.29) is 11.3 Å². The third-order valence-electron chi connectivity index (χ3n) is 2.93. The van der Waals surface area contributed by atoms with Crippen LogP contribution in [-0.2, 0) is 16.8 Å². The molecule has 0 N–H and O–H groups in total. The highest BCUT2D eigenvalue weighted by molar-refractivity contribution is 5.87. The molecular weight excluding hydrogens is 222 g/mol. The van der Waals surface area contributed by atoms with Crippen LogP contribution in [0.15, 0.2) is 36.4 Å². The Hall–Kier alpha value is -1.57. The minimum absolute atomic E-state index is 0.0393. The maximum absolute atomic E-state index is 11.6. The fourth-order valence-corrected chi connectivity index (χ4v) is 1.73. The Morgan fingerprint density at radius 1 is 1.22 bits per heavy atom. The van der Waals surface area contributed by atoms with Gasteiger partial charge in [0.1, 0.15) is 0 Å². The van der Waals surface area contributed by atoms with Crippen molar-refractivity contribution in [2.24, 2.45) is 0 Å². The molecule has 0 spiro atoms. The van der Waals surface area contributed by atoms with Crippen LogP contribution in [0.25, 0.3) is 0 Å². The molecule has 1 aromatic carbocycles. The summed E-state index contributed by atoms with van der Waals surface area (Å²) in [7, 11) is 1.82. The van der Waals surface area contributed by atoms with E-state index in [1.165, 1.54) is 5.56 Å². The van der Waals surface area contributed by atoms with E-state index in [1.54, 1.807) is 17.1 Å². The van der Waals surface area contributed by atoms with Crippen molar-refractivity contribution in [3.05, 3.63) is 47.5 Å². The van der Waals surface area contributed by atoms with E-state index in [9.17, 15) is 4.79 Å². The smallest absolute Gasteiger partial charge is 0.246 e. The Labute approximate surface area is 110 Å². The number of nitrogens with zero attached hydrogens (tertiary/aromatic N) is 1. The van der Waals surface area contributed by atoms with E-state index in [2.05, 4.69) is 45.0 Å². The molecule has 98 valence electrons. The quantitative estimate of drug-likeness (QED) is 0.746. The maximum Gasteiger partial charge on any atom is 0.246 e. The first kappa shape index (κ1) is 14.5. The third kappa shape index (κ3) is 4.02. The molecule has 1 rings (SSSR count). The average molecular weight is 245 g/mol. The number of rotatable bonds is 3. The van der Waals surface area contributed by atoms with Gasteiger partial charge in [0.2, 0.25) is 5.91 Å². The summed E-state index contributed by atoms with van der Waals surface area (Å²) < 4.78 is 0. The summed E-state index contributed by atoms with van der Waals surface area (Å²) in [5, 5.41) is 0. The molecule has 1 amide bonds. The molecule has 0 atom stereocenters. The van der Waals surface area contributed by atoms with Gasteiger partial charge in [-0.05, 0) is 29.5 Å². The zero-order chi connectivity index (χ0) is 13.8. The molecule has 0 aliphatic rings. The second-order valence-electron chi connectivity index (χ2n) is 5.64. The lowest BCUT2D eigenvalue weighted by Gasteiger charge is -2.20. The molecule has 0 saturated heterocycles. The van der Waals surface area contributed by atoms with Gasteiger partial charge >= 0.3 is 0 Å². The van der Waals surface area contributed by atoms with Crippen LogP contribution in [0, 0.1) is 0 Å². The molecule has 0 aliphatic heterocycles. The van der Waals surface area contributed by atoms with Gasteiger partial charge in [-0.1, -0.05) is 51.1 Å². The van der Waals surface area contributed by atoms with Crippen molar-refractivity contribution < 1.29 is 4.79 Å². The predicted molar refractivity (Wildman–Crippen MR) is 76.4 cm³/mol. The van der Waals surface area contributed by atoms with Crippen LogP contribution in [0.2, 0.25) is 0 Å². The topological polar surface area (TPSA) is 20.3 Å². The Bertz CT molecular complexity index is 423. The van der Waals surface area contributed by atoms with Gasteiger partial charge in [-0.3, -0.25) is 4.79 Å². The van der Waals surface area contributed by atoms with Crippen molar-refractivity contribution in [2.75, 3.05) is 7.05 Å². The Morgan fingerprint density at radius 2 is 1.78 bits per heavy atom. The third-order valence-corrected chi connectivity index (χ3v) is 2.93. The molecule has 18 heavy (non-hydrogen) atoms. The summed E-state index contributed by atoms with van der Waals surface area (Å²) in [6, 6.07) is 8.48. The van der Waals surface area contributed by atoms with E-state index < -0.39 is 0 Å². The molecule has 1 aromatic rings. The number of carbonyl (C=O) groups excluding carboxylic acids is 1. The van der Waals surface area contributed by atoms with Crippen LogP contribution in [-0.4, -0.2) is 17.9 Å². The van der Waals surface area contributed by atoms with E-state index in [4.69, 9.17) is 0 Å². The van der Waals surface area contributed by atoms with Gasteiger partial charge in [0, 0.05) is 13.6 Å². The van der Waals surface area contributed by atoms with Crippen molar-refractivity contribution in [3.8, 4) is 0 Å². The van der Waals surface area contributed by atoms with Crippen LogP contribution in [0.5, 0.6) is 0 Å². The molecule has 2 nitrogen and oxygen atoms in total. The zero-order valence-corrected chi connectivity index (χ0v) is 12.0. The SMILES string of the molecule is C/C=C/C(=O)N(C)Cc1ccc(C(C)(C)C)cc1. The van der Waals surface area contributed by atoms with Crippen molar-refractivity contribution >= 4 is 5.91 Å². The maximum atomic E-state index is 11.6. The summed E-state index contributed by atoms with van der Waals surface area (Å²) in [5.41, 5.74) is 2.64. The second-order valence-corrected chi connectivity index (χ2v) is 5.64. The minimum Gasteiger partial charge on any atom is -0.338 e.